The van der Waals surface area contributed by atoms with Gasteiger partial charge in [0.05, 0.1) is 6.54 Å². The summed E-state index contributed by atoms with van der Waals surface area (Å²) >= 11 is 0. The van der Waals surface area contributed by atoms with Gasteiger partial charge in [-0.1, -0.05) is 13.8 Å². The van der Waals surface area contributed by atoms with Crippen molar-refractivity contribution in [1.29, 1.82) is 5.26 Å². The van der Waals surface area contributed by atoms with E-state index in [2.05, 4.69) is 29.8 Å². The third kappa shape index (κ3) is 2.34. The Hall–Kier alpha value is -1.28. The molecule has 0 aromatic carbocycles. The van der Waals surface area contributed by atoms with Gasteiger partial charge >= 0.3 is 0 Å². The Morgan fingerprint density at radius 2 is 2.00 bits per heavy atom. The van der Waals surface area contributed by atoms with Crippen LogP contribution in [0, 0.1) is 34.6 Å². The van der Waals surface area contributed by atoms with Crippen LogP contribution in [0.15, 0.2) is 0 Å². The molecule has 2 unspecified atom stereocenters. The fraction of sp³-hybridized carbons (Fsp3) is 0.889. The maximum Gasteiger partial charge on any atom is 0.241 e. The highest BCUT2D eigenvalue weighted by molar-refractivity contribution is 5.83. The molecule has 5 fully saturated rings. The minimum atomic E-state index is -0.0945. The molecule has 4 atom stereocenters. The molecule has 0 N–H and O–H groups in total. The zero-order chi connectivity index (χ0) is 16.2. The maximum absolute atomic E-state index is 12.9. The van der Waals surface area contributed by atoms with E-state index in [9.17, 15) is 4.79 Å². The van der Waals surface area contributed by atoms with Gasteiger partial charge < -0.3 is 9.80 Å². The van der Waals surface area contributed by atoms with E-state index in [-0.39, 0.29) is 11.9 Å². The quantitative estimate of drug-likeness (QED) is 0.722. The van der Waals surface area contributed by atoms with Gasteiger partial charge in [0.15, 0.2) is 6.19 Å². The number of carbonyl (C=O) groups excluding carboxylic acids is 1. The van der Waals surface area contributed by atoms with E-state index in [1.807, 2.05) is 0 Å². The molecule has 0 aromatic heterocycles. The van der Waals surface area contributed by atoms with Crippen molar-refractivity contribution in [2.45, 2.75) is 39.2 Å². The summed E-state index contributed by atoms with van der Waals surface area (Å²) < 4.78 is 0. The molecule has 5 rings (SSSR count). The van der Waals surface area contributed by atoms with Crippen LogP contribution in [0.25, 0.3) is 0 Å². The number of nitrogens with zero attached hydrogens (tertiary/aromatic N) is 4. The van der Waals surface area contributed by atoms with Crippen molar-refractivity contribution in [3.05, 3.63) is 0 Å². The molecule has 0 radical (unpaired) electrons. The average molecular weight is 316 g/mol. The van der Waals surface area contributed by atoms with Gasteiger partial charge in [-0.15, -0.1) is 0 Å². The second-order valence-electron chi connectivity index (χ2n) is 8.58. The molecule has 5 aliphatic rings. The molecule has 126 valence electrons. The lowest BCUT2D eigenvalue weighted by atomic mass is 9.45. The lowest BCUT2D eigenvalue weighted by molar-refractivity contribution is -0.151. The van der Waals surface area contributed by atoms with E-state index in [0.29, 0.717) is 17.9 Å². The molecule has 2 aliphatic heterocycles. The van der Waals surface area contributed by atoms with Crippen molar-refractivity contribution in [2.75, 3.05) is 39.3 Å². The van der Waals surface area contributed by atoms with Crippen LogP contribution < -0.4 is 0 Å². The van der Waals surface area contributed by atoms with Crippen molar-refractivity contribution in [2.24, 2.45) is 23.2 Å². The zero-order valence-corrected chi connectivity index (χ0v) is 14.4. The summed E-state index contributed by atoms with van der Waals surface area (Å²) in [6.07, 6.45) is 6.22. The van der Waals surface area contributed by atoms with Crippen LogP contribution in [0.4, 0.5) is 0 Å². The molecule has 0 spiro atoms. The molecule has 2 heterocycles. The molecule has 23 heavy (non-hydrogen) atoms. The molecule has 1 amide bonds. The minimum absolute atomic E-state index is 0.0945. The smallest absolute Gasteiger partial charge is 0.241 e. The second kappa shape index (κ2) is 5.37. The number of rotatable bonds is 2. The molecule has 5 nitrogen and oxygen atoms in total. The van der Waals surface area contributed by atoms with Crippen LogP contribution in [0.3, 0.4) is 0 Å². The summed E-state index contributed by atoms with van der Waals surface area (Å²) in [5, 5.41) is 9.12. The van der Waals surface area contributed by atoms with Crippen molar-refractivity contribution in [3.63, 3.8) is 0 Å². The van der Waals surface area contributed by atoms with Crippen molar-refractivity contribution in [3.8, 4) is 6.19 Å². The number of amides is 1. The van der Waals surface area contributed by atoms with Gasteiger partial charge in [-0.3, -0.25) is 9.69 Å². The highest BCUT2D eigenvalue weighted by atomic mass is 16.2. The average Bonchev–Trinajstić information content (AvgIpc) is 2.57. The second-order valence-corrected chi connectivity index (χ2v) is 8.58. The number of piperazine rings is 2. The summed E-state index contributed by atoms with van der Waals surface area (Å²) in [6, 6.07) is -0.0945. The third-order valence-corrected chi connectivity index (χ3v) is 7.34. The number of fused-ring (bicyclic) bond motifs is 3. The summed E-state index contributed by atoms with van der Waals surface area (Å²) in [5.74, 6) is 2.66. The Balaban J connectivity index is 1.42. The molecular weight excluding hydrogens is 288 g/mol. The predicted molar refractivity (Wildman–Crippen MR) is 87.2 cm³/mol. The van der Waals surface area contributed by atoms with E-state index in [0.717, 1.165) is 44.6 Å². The van der Waals surface area contributed by atoms with Gasteiger partial charge in [-0.25, -0.2) is 0 Å². The molecular formula is C18H28N4O. The minimum Gasteiger partial charge on any atom is -0.340 e. The van der Waals surface area contributed by atoms with E-state index >= 15 is 0 Å². The van der Waals surface area contributed by atoms with Gasteiger partial charge in [-0.05, 0) is 42.4 Å². The summed E-state index contributed by atoms with van der Waals surface area (Å²) in [4.78, 5) is 19.1. The number of hydrogen-bond acceptors (Lipinski definition) is 4. The fourth-order valence-corrected chi connectivity index (χ4v) is 5.63. The van der Waals surface area contributed by atoms with Crippen LogP contribution in [0.5, 0.6) is 0 Å². The number of carbonyl (C=O) groups is 1. The highest BCUT2D eigenvalue weighted by Crippen LogP contribution is 2.61. The highest BCUT2D eigenvalue weighted by Gasteiger charge is 2.54. The fourth-order valence-electron chi connectivity index (χ4n) is 5.63. The summed E-state index contributed by atoms with van der Waals surface area (Å²) in [6.45, 7) is 9.81. The van der Waals surface area contributed by atoms with E-state index < -0.39 is 0 Å². The van der Waals surface area contributed by atoms with Gasteiger partial charge in [0, 0.05) is 32.7 Å². The van der Waals surface area contributed by atoms with Gasteiger partial charge in [0.1, 0.15) is 6.04 Å². The summed E-state index contributed by atoms with van der Waals surface area (Å²) in [7, 11) is 0. The lowest BCUT2D eigenvalue weighted by Gasteiger charge is -2.61. The van der Waals surface area contributed by atoms with Crippen molar-refractivity contribution >= 4 is 5.91 Å². The first-order valence-corrected chi connectivity index (χ1v) is 9.18. The van der Waals surface area contributed by atoms with Crippen LogP contribution in [0.2, 0.25) is 0 Å². The Kier molecular flexibility index (Phi) is 3.57. The predicted octanol–water partition coefficient (Wildman–Crippen LogP) is 1.37. The first kappa shape index (κ1) is 15.3. The van der Waals surface area contributed by atoms with Gasteiger partial charge in [0.2, 0.25) is 5.91 Å². The number of nitriles is 1. The Labute approximate surface area is 139 Å². The molecule has 2 bridgehead atoms. The monoisotopic (exact) mass is 316 g/mol. The molecule has 2 saturated heterocycles. The molecule has 5 heteroatoms. The lowest BCUT2D eigenvalue weighted by Crippen LogP contribution is -2.65. The van der Waals surface area contributed by atoms with E-state index in [1.165, 1.54) is 19.3 Å². The largest absolute Gasteiger partial charge is 0.340 e. The van der Waals surface area contributed by atoms with Crippen LogP contribution in [0.1, 0.15) is 33.1 Å². The van der Waals surface area contributed by atoms with E-state index in [4.69, 9.17) is 5.26 Å². The van der Waals surface area contributed by atoms with Crippen LogP contribution in [-0.4, -0.2) is 65.9 Å². The zero-order valence-electron chi connectivity index (χ0n) is 14.4. The standard InChI is InChI=1S/C18H28N4O/c1-18(2)14-4-3-13(15(18)9-14)10-22-8-7-21-6-5-20(12-19)11-16(21)17(22)23/h13-16H,3-11H2,1-2H3/t13-,14?,15?,16-/m1/s1. The topological polar surface area (TPSA) is 50.6 Å². The first-order chi connectivity index (χ1) is 11.0. The summed E-state index contributed by atoms with van der Waals surface area (Å²) in [5.41, 5.74) is 0.482. The van der Waals surface area contributed by atoms with Crippen molar-refractivity contribution < 1.29 is 4.79 Å². The van der Waals surface area contributed by atoms with Gasteiger partial charge in [0.25, 0.3) is 0 Å². The Morgan fingerprint density at radius 3 is 2.70 bits per heavy atom. The van der Waals surface area contributed by atoms with Crippen LogP contribution in [-0.2, 0) is 4.79 Å². The SMILES string of the molecule is CC1(C)C2CC[C@H](CN3CCN4CCN(C#N)C[C@@H]4C3=O)C1C2. The molecule has 0 aromatic rings. The van der Waals surface area contributed by atoms with Crippen molar-refractivity contribution in [1.82, 2.24) is 14.7 Å². The van der Waals surface area contributed by atoms with Gasteiger partial charge in [-0.2, -0.15) is 5.26 Å². The Morgan fingerprint density at radius 1 is 1.22 bits per heavy atom. The van der Waals surface area contributed by atoms with E-state index in [1.54, 1.807) is 4.90 Å². The molecule has 3 saturated carbocycles. The normalized spacial score (nSPS) is 39.4. The van der Waals surface area contributed by atoms with Crippen LogP contribution >= 0.6 is 0 Å². The maximum atomic E-state index is 12.9. The third-order valence-electron chi connectivity index (χ3n) is 7.34. The number of hydrogen-bond donors (Lipinski definition) is 0. The first-order valence-electron chi connectivity index (χ1n) is 9.18. The molecule has 3 aliphatic carbocycles. The Bertz CT molecular complexity index is 538.